The van der Waals surface area contributed by atoms with E-state index < -0.39 is 5.60 Å². The van der Waals surface area contributed by atoms with Crippen LogP contribution in [0.5, 0.6) is 0 Å². The summed E-state index contributed by atoms with van der Waals surface area (Å²) in [4.78, 5) is 13.8. The Balaban J connectivity index is 1.82. The average molecular weight is 276 g/mol. The molecule has 0 unspecified atom stereocenters. The smallest absolute Gasteiger partial charge is 0.317 e. The third-order valence-corrected chi connectivity index (χ3v) is 4.36. The van der Waals surface area contributed by atoms with Gasteiger partial charge >= 0.3 is 6.03 Å². The zero-order valence-electron chi connectivity index (χ0n) is 12.5. The normalized spacial score (nSPS) is 24.7. The largest absolute Gasteiger partial charge is 0.388 e. The van der Waals surface area contributed by atoms with Crippen molar-refractivity contribution < 1.29 is 9.90 Å². The predicted octanol–water partition coefficient (Wildman–Crippen LogP) is 2.03. The molecule has 2 rings (SSSR count). The monoisotopic (exact) mass is 276 g/mol. The highest BCUT2D eigenvalue weighted by Gasteiger charge is 2.49. The van der Waals surface area contributed by atoms with Gasteiger partial charge in [0.05, 0.1) is 12.1 Å². The molecule has 0 bridgehead atoms. The van der Waals surface area contributed by atoms with Gasteiger partial charge in [-0.2, -0.15) is 0 Å². The molecule has 2 amide bonds. The minimum Gasteiger partial charge on any atom is -0.388 e. The Labute approximate surface area is 120 Å². The first-order valence-corrected chi connectivity index (χ1v) is 7.11. The summed E-state index contributed by atoms with van der Waals surface area (Å²) in [6.07, 6.45) is 0.820. The van der Waals surface area contributed by atoms with E-state index in [0.29, 0.717) is 19.6 Å². The molecule has 1 fully saturated rings. The van der Waals surface area contributed by atoms with Crippen LogP contribution in [0.4, 0.5) is 4.79 Å². The third-order valence-electron chi connectivity index (χ3n) is 4.36. The van der Waals surface area contributed by atoms with Crippen molar-refractivity contribution in [1.82, 2.24) is 10.2 Å². The molecule has 1 saturated heterocycles. The topological polar surface area (TPSA) is 52.6 Å². The summed E-state index contributed by atoms with van der Waals surface area (Å²) in [5.74, 6) is 0. The van der Waals surface area contributed by atoms with Crippen molar-refractivity contribution in [3.63, 3.8) is 0 Å². The molecule has 0 radical (unpaired) electrons. The lowest BCUT2D eigenvalue weighted by Gasteiger charge is -2.30. The van der Waals surface area contributed by atoms with Gasteiger partial charge in [0.2, 0.25) is 0 Å². The van der Waals surface area contributed by atoms with Crippen molar-refractivity contribution in [3.8, 4) is 0 Å². The molecular formula is C16H24N2O2. The molecule has 0 saturated carbocycles. The number of carbonyl (C=O) groups is 1. The molecule has 20 heavy (non-hydrogen) atoms. The van der Waals surface area contributed by atoms with Crippen LogP contribution in [0, 0.1) is 5.41 Å². The van der Waals surface area contributed by atoms with Crippen LogP contribution in [0.1, 0.15) is 26.3 Å². The molecule has 1 aliphatic rings. The molecule has 1 atom stereocenters. The molecule has 1 aliphatic heterocycles. The van der Waals surface area contributed by atoms with Gasteiger partial charge in [0, 0.05) is 18.5 Å². The number of urea groups is 1. The number of hydrogen-bond acceptors (Lipinski definition) is 2. The zero-order valence-corrected chi connectivity index (χ0v) is 12.5. The Bertz CT molecular complexity index is 453. The number of likely N-dealkylation sites (tertiary alicyclic amines) is 1. The van der Waals surface area contributed by atoms with Crippen molar-refractivity contribution in [2.75, 3.05) is 19.6 Å². The van der Waals surface area contributed by atoms with Crippen LogP contribution >= 0.6 is 0 Å². The summed E-state index contributed by atoms with van der Waals surface area (Å²) in [5, 5.41) is 13.2. The highest BCUT2D eigenvalue weighted by atomic mass is 16.3. The number of hydrogen-bond donors (Lipinski definition) is 2. The summed E-state index contributed by atoms with van der Waals surface area (Å²) in [6, 6.07) is 9.99. The number of carbonyl (C=O) groups excluding carboxylic acids is 1. The van der Waals surface area contributed by atoms with E-state index in [0.717, 1.165) is 6.42 Å². The van der Waals surface area contributed by atoms with Crippen molar-refractivity contribution >= 4 is 6.03 Å². The van der Waals surface area contributed by atoms with E-state index >= 15 is 0 Å². The fourth-order valence-electron chi connectivity index (χ4n) is 2.50. The summed E-state index contributed by atoms with van der Waals surface area (Å²) < 4.78 is 0. The van der Waals surface area contributed by atoms with E-state index in [4.69, 9.17) is 0 Å². The number of benzene rings is 1. The molecule has 0 spiro atoms. The average Bonchev–Trinajstić information content (AvgIpc) is 2.60. The van der Waals surface area contributed by atoms with Gasteiger partial charge in [0.1, 0.15) is 0 Å². The summed E-state index contributed by atoms with van der Waals surface area (Å²) in [5.41, 5.74) is 0.106. The quantitative estimate of drug-likeness (QED) is 0.887. The summed E-state index contributed by atoms with van der Waals surface area (Å²) in [6.45, 7) is 7.36. The molecule has 2 N–H and O–H groups in total. The fourth-order valence-corrected chi connectivity index (χ4v) is 2.50. The molecule has 4 heteroatoms. The molecule has 110 valence electrons. The van der Waals surface area contributed by atoms with E-state index in [1.807, 2.05) is 32.0 Å². The van der Waals surface area contributed by atoms with E-state index in [9.17, 15) is 9.90 Å². The van der Waals surface area contributed by atoms with Crippen LogP contribution in [0.2, 0.25) is 0 Å². The highest BCUT2D eigenvalue weighted by molar-refractivity contribution is 5.74. The van der Waals surface area contributed by atoms with E-state index in [1.165, 1.54) is 5.56 Å². The van der Waals surface area contributed by atoms with Crippen LogP contribution in [0.3, 0.4) is 0 Å². The maximum absolute atomic E-state index is 12.1. The van der Waals surface area contributed by atoms with Gasteiger partial charge < -0.3 is 15.3 Å². The van der Waals surface area contributed by atoms with Crippen molar-refractivity contribution in [2.24, 2.45) is 5.41 Å². The van der Waals surface area contributed by atoms with Crippen molar-refractivity contribution in [2.45, 2.75) is 32.8 Å². The number of nitrogens with one attached hydrogen (secondary N) is 1. The van der Waals surface area contributed by atoms with Crippen LogP contribution in [-0.2, 0) is 6.42 Å². The number of aliphatic hydroxyl groups is 1. The number of rotatable bonds is 3. The Hall–Kier alpha value is -1.55. The molecule has 1 heterocycles. The van der Waals surface area contributed by atoms with Gasteiger partial charge in [-0.15, -0.1) is 0 Å². The maximum atomic E-state index is 12.1. The van der Waals surface area contributed by atoms with Crippen LogP contribution < -0.4 is 5.32 Å². The van der Waals surface area contributed by atoms with Gasteiger partial charge in [0.15, 0.2) is 0 Å². The van der Waals surface area contributed by atoms with Gasteiger partial charge in [-0.25, -0.2) is 4.79 Å². The van der Waals surface area contributed by atoms with Crippen LogP contribution in [-0.4, -0.2) is 41.3 Å². The fraction of sp³-hybridized carbons (Fsp3) is 0.562. The van der Waals surface area contributed by atoms with E-state index in [1.54, 1.807) is 11.8 Å². The lowest BCUT2D eigenvalue weighted by molar-refractivity contribution is -0.0104. The SMILES string of the molecule is CC1(C)CN(C(=O)NCCc2ccccc2)C[C@@]1(C)O. The predicted molar refractivity (Wildman–Crippen MR) is 79.5 cm³/mol. The Morgan fingerprint density at radius 3 is 2.45 bits per heavy atom. The molecule has 4 nitrogen and oxygen atoms in total. The lowest BCUT2D eigenvalue weighted by Crippen LogP contribution is -2.42. The van der Waals surface area contributed by atoms with Crippen molar-refractivity contribution in [3.05, 3.63) is 35.9 Å². The Morgan fingerprint density at radius 2 is 1.90 bits per heavy atom. The van der Waals surface area contributed by atoms with Gasteiger partial charge in [-0.3, -0.25) is 0 Å². The second-order valence-corrected chi connectivity index (χ2v) is 6.48. The highest BCUT2D eigenvalue weighted by Crippen LogP contribution is 2.38. The summed E-state index contributed by atoms with van der Waals surface area (Å²) in [7, 11) is 0. The van der Waals surface area contributed by atoms with Gasteiger partial charge in [-0.1, -0.05) is 44.2 Å². The molecule has 0 aromatic heterocycles. The summed E-state index contributed by atoms with van der Waals surface area (Å²) >= 11 is 0. The molecule has 1 aromatic rings. The standard InChI is InChI=1S/C16H24N2O2/c1-15(2)11-18(12-16(15,3)20)14(19)17-10-9-13-7-5-4-6-8-13/h4-8,20H,9-12H2,1-3H3,(H,17,19)/t16-/m1/s1. The van der Waals surface area contributed by atoms with E-state index in [-0.39, 0.29) is 11.4 Å². The first kappa shape index (κ1) is 14.9. The van der Waals surface area contributed by atoms with Crippen molar-refractivity contribution in [1.29, 1.82) is 0 Å². The molecular weight excluding hydrogens is 252 g/mol. The molecule has 0 aliphatic carbocycles. The van der Waals surface area contributed by atoms with Gasteiger partial charge in [-0.05, 0) is 18.9 Å². The van der Waals surface area contributed by atoms with Gasteiger partial charge in [0.25, 0.3) is 0 Å². The Kier molecular flexibility index (Phi) is 4.04. The van der Waals surface area contributed by atoms with E-state index in [2.05, 4.69) is 17.4 Å². The second-order valence-electron chi connectivity index (χ2n) is 6.48. The Morgan fingerprint density at radius 1 is 1.25 bits per heavy atom. The lowest BCUT2D eigenvalue weighted by atomic mass is 9.79. The number of nitrogens with zero attached hydrogens (tertiary/aromatic N) is 1. The second kappa shape index (κ2) is 5.44. The molecule has 1 aromatic carbocycles. The number of β-amino-alcohol motifs (C(OH)–C–C–N with tert-alkyl or cyclic N) is 1. The van der Waals surface area contributed by atoms with Crippen LogP contribution in [0.15, 0.2) is 30.3 Å². The zero-order chi connectivity index (χ0) is 14.8. The maximum Gasteiger partial charge on any atom is 0.317 e. The third kappa shape index (κ3) is 3.12. The number of amides is 2. The van der Waals surface area contributed by atoms with Crippen LogP contribution in [0.25, 0.3) is 0 Å². The first-order valence-electron chi connectivity index (χ1n) is 7.11. The first-order chi connectivity index (χ1) is 9.32. The minimum absolute atomic E-state index is 0.0909. The minimum atomic E-state index is -0.830.